The summed E-state index contributed by atoms with van der Waals surface area (Å²) in [6.45, 7) is 2.01. The molecule has 76 valence electrons. The van der Waals surface area contributed by atoms with Crippen molar-refractivity contribution in [3.05, 3.63) is 0 Å². The predicted molar refractivity (Wildman–Crippen MR) is 52.9 cm³/mol. The first-order chi connectivity index (χ1) is 6.22. The minimum absolute atomic E-state index is 0.318. The Kier molecular flexibility index (Phi) is 4.02. The molecule has 0 bridgehead atoms. The molecule has 4 heteroatoms. The van der Waals surface area contributed by atoms with Gasteiger partial charge in [-0.1, -0.05) is 18.0 Å². The van der Waals surface area contributed by atoms with Crippen LogP contribution in [-0.4, -0.2) is 36.1 Å². The maximum Gasteiger partial charge on any atom is 0.140 e. The van der Waals surface area contributed by atoms with Gasteiger partial charge in [-0.25, -0.2) is 0 Å². The third-order valence-corrected chi connectivity index (χ3v) is 2.49. The van der Waals surface area contributed by atoms with Crippen LogP contribution < -0.4 is 5.73 Å². The van der Waals surface area contributed by atoms with Gasteiger partial charge < -0.3 is 15.8 Å². The highest BCUT2D eigenvalue weighted by molar-refractivity contribution is 5.79. The largest absolute Gasteiger partial charge is 0.409 e. The highest BCUT2D eigenvalue weighted by atomic mass is 16.4. The molecule has 0 aromatic heterocycles. The van der Waals surface area contributed by atoms with E-state index in [-0.39, 0.29) is 0 Å². The fraction of sp³-hybridized carbons (Fsp3) is 0.889. The van der Waals surface area contributed by atoms with Crippen molar-refractivity contribution < 1.29 is 5.21 Å². The second kappa shape index (κ2) is 5.07. The van der Waals surface area contributed by atoms with Gasteiger partial charge in [0.1, 0.15) is 5.84 Å². The van der Waals surface area contributed by atoms with Crippen molar-refractivity contribution in [3.63, 3.8) is 0 Å². The summed E-state index contributed by atoms with van der Waals surface area (Å²) < 4.78 is 0. The van der Waals surface area contributed by atoms with Gasteiger partial charge in [0.05, 0.1) is 0 Å². The van der Waals surface area contributed by atoms with E-state index in [9.17, 15) is 0 Å². The number of amidine groups is 1. The fourth-order valence-electron chi connectivity index (χ4n) is 1.28. The van der Waals surface area contributed by atoms with Crippen molar-refractivity contribution in [3.8, 4) is 0 Å². The zero-order valence-corrected chi connectivity index (χ0v) is 8.24. The summed E-state index contributed by atoms with van der Waals surface area (Å²) in [6.07, 6.45) is 4.77. The molecule has 0 aromatic rings. The van der Waals surface area contributed by atoms with Crippen LogP contribution in [0.5, 0.6) is 0 Å². The molecule has 0 radical (unpaired) electrons. The van der Waals surface area contributed by atoms with E-state index in [1.54, 1.807) is 0 Å². The Labute approximate surface area is 79.4 Å². The Hall–Kier alpha value is -0.770. The van der Waals surface area contributed by atoms with Gasteiger partial charge in [-0.2, -0.15) is 0 Å². The molecule has 0 amide bonds. The molecule has 0 aromatic carbocycles. The average Bonchev–Trinajstić information content (AvgIpc) is 2.94. The van der Waals surface area contributed by atoms with Gasteiger partial charge in [0.15, 0.2) is 0 Å². The highest BCUT2D eigenvalue weighted by Crippen LogP contribution is 2.32. The third kappa shape index (κ3) is 4.72. The van der Waals surface area contributed by atoms with Crippen molar-refractivity contribution in [2.24, 2.45) is 16.8 Å². The molecule has 1 fully saturated rings. The lowest BCUT2D eigenvalue weighted by atomic mass is 10.2. The van der Waals surface area contributed by atoms with Crippen LogP contribution in [0.3, 0.4) is 0 Å². The van der Waals surface area contributed by atoms with Gasteiger partial charge in [0, 0.05) is 13.0 Å². The topological polar surface area (TPSA) is 61.8 Å². The lowest BCUT2D eigenvalue weighted by Crippen LogP contribution is -2.25. The molecule has 1 rings (SSSR count). The van der Waals surface area contributed by atoms with E-state index in [0.717, 1.165) is 19.0 Å². The molecular formula is C9H19N3O. The van der Waals surface area contributed by atoms with Crippen LogP contribution in [0.15, 0.2) is 5.16 Å². The lowest BCUT2D eigenvalue weighted by molar-refractivity contribution is 0.308. The zero-order valence-electron chi connectivity index (χ0n) is 8.24. The van der Waals surface area contributed by atoms with Gasteiger partial charge in [0.2, 0.25) is 0 Å². The number of oxime groups is 1. The molecular weight excluding hydrogens is 166 g/mol. The molecule has 0 unspecified atom stereocenters. The maximum absolute atomic E-state index is 8.32. The first-order valence-electron chi connectivity index (χ1n) is 4.87. The summed E-state index contributed by atoms with van der Waals surface area (Å²) in [7, 11) is 2.08. The van der Waals surface area contributed by atoms with E-state index in [1.807, 2.05) is 0 Å². The van der Waals surface area contributed by atoms with Crippen molar-refractivity contribution >= 4 is 5.84 Å². The first kappa shape index (κ1) is 10.3. The molecule has 0 spiro atoms. The summed E-state index contributed by atoms with van der Waals surface area (Å²) in [5.74, 6) is 1.30. The Morgan fingerprint density at radius 2 is 2.23 bits per heavy atom. The molecule has 3 N–H and O–H groups in total. The van der Waals surface area contributed by atoms with Crippen LogP contribution in [0.4, 0.5) is 0 Å². The summed E-state index contributed by atoms with van der Waals surface area (Å²) in [5, 5.41) is 11.3. The van der Waals surface area contributed by atoms with E-state index in [2.05, 4.69) is 17.1 Å². The van der Waals surface area contributed by atoms with Crippen LogP contribution in [0.25, 0.3) is 0 Å². The van der Waals surface area contributed by atoms with E-state index >= 15 is 0 Å². The standard InChI is InChI=1S/C9H19N3O/c1-12(6-4-8-2-3-8)7-5-9(10)11-13/h8,13H,2-7H2,1H3,(H2,10,11). The fourth-order valence-corrected chi connectivity index (χ4v) is 1.28. The van der Waals surface area contributed by atoms with Crippen LogP contribution in [0.2, 0.25) is 0 Å². The highest BCUT2D eigenvalue weighted by Gasteiger charge is 2.20. The second-order valence-corrected chi connectivity index (χ2v) is 3.88. The van der Waals surface area contributed by atoms with Crippen molar-refractivity contribution in [1.29, 1.82) is 0 Å². The van der Waals surface area contributed by atoms with E-state index in [4.69, 9.17) is 10.9 Å². The molecule has 0 aliphatic heterocycles. The van der Waals surface area contributed by atoms with Crippen molar-refractivity contribution in [2.45, 2.75) is 25.7 Å². The molecule has 1 aliphatic rings. The Morgan fingerprint density at radius 3 is 2.77 bits per heavy atom. The van der Waals surface area contributed by atoms with Crippen molar-refractivity contribution in [2.75, 3.05) is 20.1 Å². The minimum atomic E-state index is 0.318. The summed E-state index contributed by atoms with van der Waals surface area (Å²) in [6, 6.07) is 0. The number of hydrogen-bond donors (Lipinski definition) is 2. The van der Waals surface area contributed by atoms with Crippen LogP contribution in [0.1, 0.15) is 25.7 Å². The van der Waals surface area contributed by atoms with Gasteiger partial charge in [-0.15, -0.1) is 0 Å². The maximum atomic E-state index is 8.32. The lowest BCUT2D eigenvalue weighted by Gasteiger charge is -2.15. The second-order valence-electron chi connectivity index (χ2n) is 3.88. The molecule has 0 saturated heterocycles. The predicted octanol–water partition coefficient (Wildman–Crippen LogP) is 0.855. The monoisotopic (exact) mass is 185 g/mol. The smallest absolute Gasteiger partial charge is 0.140 e. The Bertz CT molecular complexity index is 178. The summed E-state index contributed by atoms with van der Waals surface area (Å²) in [4.78, 5) is 2.23. The molecule has 13 heavy (non-hydrogen) atoms. The van der Waals surface area contributed by atoms with Gasteiger partial charge in [-0.3, -0.25) is 0 Å². The van der Waals surface area contributed by atoms with Crippen molar-refractivity contribution in [1.82, 2.24) is 4.90 Å². The van der Waals surface area contributed by atoms with Gasteiger partial charge in [-0.05, 0) is 25.9 Å². The average molecular weight is 185 g/mol. The first-order valence-corrected chi connectivity index (χ1v) is 4.87. The Morgan fingerprint density at radius 1 is 1.54 bits per heavy atom. The Balaban J connectivity index is 1.99. The molecule has 4 nitrogen and oxygen atoms in total. The van der Waals surface area contributed by atoms with E-state index in [1.165, 1.54) is 19.3 Å². The summed E-state index contributed by atoms with van der Waals surface area (Å²) >= 11 is 0. The number of rotatable bonds is 6. The summed E-state index contributed by atoms with van der Waals surface area (Å²) in [5.41, 5.74) is 5.36. The van der Waals surface area contributed by atoms with Gasteiger partial charge in [0.25, 0.3) is 0 Å². The van der Waals surface area contributed by atoms with Crippen LogP contribution in [-0.2, 0) is 0 Å². The quantitative estimate of drug-likeness (QED) is 0.279. The number of hydrogen-bond acceptors (Lipinski definition) is 3. The van der Waals surface area contributed by atoms with E-state index < -0.39 is 0 Å². The number of nitrogens with two attached hydrogens (primary N) is 1. The molecule has 0 atom stereocenters. The molecule has 1 aliphatic carbocycles. The minimum Gasteiger partial charge on any atom is -0.409 e. The molecule has 1 saturated carbocycles. The van der Waals surface area contributed by atoms with E-state index in [0.29, 0.717) is 12.3 Å². The van der Waals surface area contributed by atoms with Gasteiger partial charge >= 0.3 is 0 Å². The van der Waals surface area contributed by atoms with Crippen LogP contribution >= 0.6 is 0 Å². The third-order valence-electron chi connectivity index (χ3n) is 2.49. The SMILES string of the molecule is CN(CCC(N)=NO)CCC1CC1. The molecule has 0 heterocycles. The number of nitrogens with zero attached hydrogens (tertiary/aromatic N) is 2. The zero-order chi connectivity index (χ0) is 9.68. The van der Waals surface area contributed by atoms with Crippen LogP contribution in [0, 0.1) is 5.92 Å². The normalized spacial score (nSPS) is 18.2.